The lowest BCUT2D eigenvalue weighted by molar-refractivity contribution is 0.0923. The summed E-state index contributed by atoms with van der Waals surface area (Å²) in [4.78, 5) is 17.2. The fraction of sp³-hybridized carbons (Fsp3) is 0.308. The van der Waals surface area contributed by atoms with Gasteiger partial charge >= 0.3 is 0 Å². The van der Waals surface area contributed by atoms with Gasteiger partial charge < -0.3 is 14.4 Å². The predicted molar refractivity (Wildman–Crippen MR) is 124 cm³/mol. The molecule has 7 heteroatoms. The van der Waals surface area contributed by atoms with E-state index in [-0.39, 0.29) is 11.6 Å². The summed E-state index contributed by atoms with van der Waals surface area (Å²) in [5.74, 6) is 1.04. The maximum Gasteiger partial charge on any atom is 0.274 e. The topological polar surface area (TPSA) is 94.1 Å². The molecule has 33 heavy (non-hydrogen) atoms. The Morgan fingerprint density at radius 3 is 2.52 bits per heavy atom. The van der Waals surface area contributed by atoms with Gasteiger partial charge in [0.05, 0.1) is 0 Å². The monoisotopic (exact) mass is 442 g/mol. The molecule has 2 heterocycles. The molecule has 168 valence electrons. The van der Waals surface area contributed by atoms with Gasteiger partial charge in [-0.1, -0.05) is 53.6 Å². The van der Waals surface area contributed by atoms with Crippen LogP contribution in [0.5, 0.6) is 0 Å². The Hall–Kier alpha value is -3.74. The highest BCUT2D eigenvalue weighted by atomic mass is 16.5. The van der Waals surface area contributed by atoms with Crippen molar-refractivity contribution in [3.05, 3.63) is 76.8 Å². The van der Waals surface area contributed by atoms with Crippen LogP contribution >= 0.6 is 0 Å². The third-order valence-corrected chi connectivity index (χ3v) is 6.16. The van der Waals surface area contributed by atoms with Gasteiger partial charge in [0.1, 0.15) is 6.04 Å². The Labute approximate surface area is 192 Å². The predicted octanol–water partition coefficient (Wildman–Crippen LogP) is 5.32. The van der Waals surface area contributed by atoms with Gasteiger partial charge in [0, 0.05) is 17.2 Å². The highest BCUT2D eigenvalue weighted by molar-refractivity contribution is 5.93. The van der Waals surface area contributed by atoms with Crippen molar-refractivity contribution in [1.82, 2.24) is 20.6 Å². The lowest BCUT2D eigenvalue weighted by atomic mass is 9.90. The van der Waals surface area contributed by atoms with Gasteiger partial charge in [0.25, 0.3) is 5.91 Å². The van der Waals surface area contributed by atoms with Crippen LogP contribution in [0.1, 0.15) is 65.8 Å². The number of benzene rings is 2. The van der Waals surface area contributed by atoms with E-state index in [9.17, 15) is 4.79 Å². The summed E-state index contributed by atoms with van der Waals surface area (Å²) in [6, 6.07) is 15.5. The average Bonchev–Trinajstić information content (AvgIpc) is 3.54. The van der Waals surface area contributed by atoms with E-state index >= 15 is 0 Å². The number of carbonyl (C=O) groups excluding carboxylic acids is 1. The Morgan fingerprint density at radius 2 is 1.73 bits per heavy atom. The molecule has 0 aliphatic heterocycles. The molecule has 1 aliphatic carbocycles. The zero-order valence-corrected chi connectivity index (χ0v) is 18.8. The minimum absolute atomic E-state index is 0.212. The quantitative estimate of drug-likeness (QED) is 0.434. The highest BCUT2D eigenvalue weighted by Gasteiger charge is 2.21. The lowest BCUT2D eigenvalue weighted by Crippen LogP contribution is -2.27. The summed E-state index contributed by atoms with van der Waals surface area (Å²) in [5, 5.41) is 10.9. The third kappa shape index (κ3) is 4.44. The van der Waals surface area contributed by atoms with Crippen LogP contribution in [0.3, 0.4) is 0 Å². The van der Waals surface area contributed by atoms with E-state index in [1.54, 1.807) is 13.0 Å². The van der Waals surface area contributed by atoms with Crippen molar-refractivity contribution in [2.24, 2.45) is 0 Å². The standard InChI is InChI=1S/C26H26N4O3/c1-3-17-8-10-19(11-9-17)24-28-26(33-30-24)16(2)27-25(31)22-15-23(32-29-22)21-13-12-18-6-4-5-7-20(18)14-21/h8-16H,3-7H2,1-2H3,(H,27,31). The molecule has 7 nitrogen and oxygen atoms in total. The molecule has 1 atom stereocenters. The van der Waals surface area contributed by atoms with Gasteiger partial charge in [-0.05, 0) is 61.8 Å². The number of nitrogens with one attached hydrogen (secondary N) is 1. The molecule has 1 amide bonds. The maximum atomic E-state index is 12.7. The fourth-order valence-corrected chi connectivity index (χ4v) is 4.16. The first-order valence-electron chi connectivity index (χ1n) is 11.4. The molecule has 0 radical (unpaired) electrons. The van der Waals surface area contributed by atoms with Crippen molar-refractivity contribution in [3.63, 3.8) is 0 Å². The van der Waals surface area contributed by atoms with Crippen LogP contribution in [-0.2, 0) is 19.3 Å². The van der Waals surface area contributed by atoms with Gasteiger partial charge in [0.2, 0.25) is 11.7 Å². The van der Waals surface area contributed by atoms with Crippen LogP contribution in [0, 0.1) is 0 Å². The van der Waals surface area contributed by atoms with Crippen LogP contribution in [0.4, 0.5) is 0 Å². The first-order valence-corrected chi connectivity index (χ1v) is 11.4. The van der Waals surface area contributed by atoms with E-state index in [2.05, 4.69) is 39.7 Å². The summed E-state index contributed by atoms with van der Waals surface area (Å²) in [6.45, 7) is 3.90. The summed E-state index contributed by atoms with van der Waals surface area (Å²) in [7, 11) is 0. The van der Waals surface area contributed by atoms with E-state index < -0.39 is 6.04 Å². The third-order valence-electron chi connectivity index (χ3n) is 6.16. The van der Waals surface area contributed by atoms with Crippen LogP contribution in [0.15, 0.2) is 57.6 Å². The smallest absolute Gasteiger partial charge is 0.274 e. The summed E-state index contributed by atoms with van der Waals surface area (Å²) in [5.41, 5.74) is 6.01. The Kier molecular flexibility index (Phi) is 5.77. The number of aryl methyl sites for hydroxylation is 3. The van der Waals surface area contributed by atoms with Crippen molar-refractivity contribution < 1.29 is 13.8 Å². The van der Waals surface area contributed by atoms with E-state index in [1.165, 1.54) is 29.5 Å². The van der Waals surface area contributed by atoms with E-state index in [0.717, 1.165) is 30.4 Å². The van der Waals surface area contributed by atoms with Crippen LogP contribution in [-0.4, -0.2) is 21.2 Å². The molecular weight excluding hydrogens is 416 g/mol. The summed E-state index contributed by atoms with van der Waals surface area (Å²) < 4.78 is 10.9. The van der Waals surface area contributed by atoms with E-state index in [1.807, 2.05) is 30.3 Å². The minimum atomic E-state index is -0.474. The molecule has 1 unspecified atom stereocenters. The second-order valence-corrected chi connectivity index (χ2v) is 8.47. The molecule has 0 saturated heterocycles. The minimum Gasteiger partial charge on any atom is -0.355 e. The molecule has 0 saturated carbocycles. The molecule has 1 aliphatic rings. The maximum absolute atomic E-state index is 12.7. The first-order chi connectivity index (χ1) is 16.1. The first kappa shape index (κ1) is 21.1. The molecule has 4 aromatic rings. The van der Waals surface area contributed by atoms with Crippen molar-refractivity contribution in [1.29, 1.82) is 0 Å². The fourth-order valence-electron chi connectivity index (χ4n) is 4.16. The number of hydrogen-bond acceptors (Lipinski definition) is 6. The van der Waals surface area contributed by atoms with Crippen molar-refractivity contribution in [2.75, 3.05) is 0 Å². The molecular formula is C26H26N4O3. The summed E-state index contributed by atoms with van der Waals surface area (Å²) in [6.07, 6.45) is 5.62. The number of fused-ring (bicyclic) bond motifs is 1. The summed E-state index contributed by atoms with van der Waals surface area (Å²) >= 11 is 0. The molecule has 2 aromatic heterocycles. The Balaban J connectivity index is 1.26. The SMILES string of the molecule is CCc1ccc(-c2noc(C(C)NC(=O)c3cc(-c4ccc5c(c4)CCCC5)on3)n2)cc1. The number of aromatic nitrogens is 3. The zero-order valence-electron chi connectivity index (χ0n) is 18.8. The molecule has 0 spiro atoms. The van der Waals surface area contributed by atoms with Gasteiger partial charge in [-0.15, -0.1) is 0 Å². The number of rotatable bonds is 6. The van der Waals surface area contributed by atoms with Crippen LogP contribution in [0.25, 0.3) is 22.7 Å². The van der Waals surface area contributed by atoms with Gasteiger partial charge in [-0.3, -0.25) is 4.79 Å². The Bertz CT molecular complexity index is 1270. The second-order valence-electron chi connectivity index (χ2n) is 8.47. The highest BCUT2D eigenvalue weighted by Crippen LogP contribution is 2.28. The number of nitrogens with zero attached hydrogens (tertiary/aromatic N) is 3. The van der Waals surface area contributed by atoms with E-state index in [4.69, 9.17) is 9.05 Å². The van der Waals surface area contributed by atoms with Crippen molar-refractivity contribution in [2.45, 2.75) is 52.0 Å². The van der Waals surface area contributed by atoms with Crippen LogP contribution in [0.2, 0.25) is 0 Å². The molecule has 0 bridgehead atoms. The normalized spacial score (nSPS) is 14.0. The number of hydrogen-bond donors (Lipinski definition) is 1. The van der Waals surface area contributed by atoms with Crippen molar-refractivity contribution in [3.8, 4) is 22.7 Å². The van der Waals surface area contributed by atoms with Crippen molar-refractivity contribution >= 4 is 5.91 Å². The molecule has 0 fully saturated rings. The van der Waals surface area contributed by atoms with Gasteiger partial charge in [0.15, 0.2) is 11.5 Å². The number of amides is 1. The van der Waals surface area contributed by atoms with Gasteiger partial charge in [-0.25, -0.2) is 0 Å². The second kappa shape index (κ2) is 9.02. The average molecular weight is 443 g/mol. The Morgan fingerprint density at radius 1 is 0.970 bits per heavy atom. The zero-order chi connectivity index (χ0) is 22.8. The molecule has 1 N–H and O–H groups in total. The largest absolute Gasteiger partial charge is 0.355 e. The lowest BCUT2D eigenvalue weighted by Gasteiger charge is -2.15. The van der Waals surface area contributed by atoms with E-state index in [0.29, 0.717) is 17.5 Å². The molecule has 5 rings (SSSR count). The number of carbonyl (C=O) groups is 1. The van der Waals surface area contributed by atoms with Crippen LogP contribution < -0.4 is 5.32 Å². The molecule has 2 aromatic carbocycles. The van der Waals surface area contributed by atoms with Gasteiger partial charge in [-0.2, -0.15) is 4.98 Å².